The monoisotopic (exact) mass is 166 g/mol. The Hall–Kier alpha value is -1.51. The predicted octanol–water partition coefficient (Wildman–Crippen LogP) is 1.81. The molecule has 3 nitrogen and oxygen atoms in total. The third kappa shape index (κ3) is 3.05. The number of amidine groups is 1. The van der Waals surface area contributed by atoms with Crippen molar-refractivity contribution in [3.05, 3.63) is 35.9 Å². The molecule has 0 amide bonds. The van der Waals surface area contributed by atoms with Crippen molar-refractivity contribution in [3.8, 4) is 0 Å². The molecule has 0 aromatic heterocycles. The van der Waals surface area contributed by atoms with E-state index in [9.17, 15) is 0 Å². The highest BCUT2D eigenvalue weighted by atomic mass is 16.4. The molecule has 0 bridgehead atoms. The summed E-state index contributed by atoms with van der Waals surface area (Å²) in [6.45, 7) is 4.00. The molecule has 0 saturated heterocycles. The standard InChI is InChI=1S/C7H8N2O.C2H6/c8-7(9-10)6-4-2-1-3-5-6;1-2/h1-5,10H,(H2,8,9);1-2H3. The van der Waals surface area contributed by atoms with E-state index in [2.05, 4.69) is 5.16 Å². The Morgan fingerprint density at radius 2 is 1.75 bits per heavy atom. The minimum Gasteiger partial charge on any atom is -0.409 e. The maximum Gasteiger partial charge on any atom is 0.170 e. The van der Waals surface area contributed by atoms with E-state index in [0.29, 0.717) is 0 Å². The molecule has 0 fully saturated rings. The molecule has 0 saturated carbocycles. The molecule has 3 heteroatoms. The van der Waals surface area contributed by atoms with Crippen LogP contribution in [0.5, 0.6) is 0 Å². The Bertz CT molecular complexity index is 232. The highest BCUT2D eigenvalue weighted by Gasteiger charge is 1.93. The highest BCUT2D eigenvalue weighted by molar-refractivity contribution is 5.96. The van der Waals surface area contributed by atoms with Gasteiger partial charge in [0, 0.05) is 5.56 Å². The van der Waals surface area contributed by atoms with Crippen molar-refractivity contribution in [2.45, 2.75) is 13.8 Å². The van der Waals surface area contributed by atoms with E-state index in [-0.39, 0.29) is 5.84 Å². The first-order valence-corrected chi connectivity index (χ1v) is 3.87. The molecule has 66 valence electrons. The van der Waals surface area contributed by atoms with E-state index in [0.717, 1.165) is 5.56 Å². The molecule has 0 radical (unpaired) electrons. The minimum absolute atomic E-state index is 0.139. The summed E-state index contributed by atoms with van der Waals surface area (Å²) in [5, 5.41) is 11.1. The fourth-order valence-electron chi connectivity index (χ4n) is 0.667. The fourth-order valence-corrected chi connectivity index (χ4v) is 0.667. The van der Waals surface area contributed by atoms with Gasteiger partial charge in [-0.25, -0.2) is 0 Å². The molecular formula is C9H14N2O. The zero-order valence-corrected chi connectivity index (χ0v) is 7.36. The van der Waals surface area contributed by atoms with Crippen LogP contribution in [0.15, 0.2) is 35.5 Å². The van der Waals surface area contributed by atoms with Crippen LogP contribution in [0.25, 0.3) is 0 Å². The van der Waals surface area contributed by atoms with Crippen LogP contribution in [0, 0.1) is 0 Å². The molecule has 3 N–H and O–H groups in total. The topological polar surface area (TPSA) is 58.6 Å². The molecule has 0 aliphatic carbocycles. The molecule has 0 aliphatic heterocycles. The van der Waals surface area contributed by atoms with Gasteiger partial charge in [0.2, 0.25) is 0 Å². The Balaban J connectivity index is 0.000000561. The van der Waals surface area contributed by atoms with Crippen LogP contribution in [-0.2, 0) is 0 Å². The molecule has 1 rings (SSSR count). The van der Waals surface area contributed by atoms with Crippen molar-refractivity contribution in [2.24, 2.45) is 10.9 Å². The maximum absolute atomic E-state index is 8.25. The lowest BCUT2D eigenvalue weighted by Crippen LogP contribution is -2.12. The summed E-state index contributed by atoms with van der Waals surface area (Å²) in [6.07, 6.45) is 0. The van der Waals surface area contributed by atoms with E-state index < -0.39 is 0 Å². The van der Waals surface area contributed by atoms with Gasteiger partial charge >= 0.3 is 0 Å². The number of nitrogens with two attached hydrogens (primary N) is 1. The van der Waals surface area contributed by atoms with Gasteiger partial charge in [0.15, 0.2) is 5.84 Å². The molecule has 0 spiro atoms. The van der Waals surface area contributed by atoms with Gasteiger partial charge in [0.25, 0.3) is 0 Å². The second-order valence-corrected chi connectivity index (χ2v) is 1.85. The Labute approximate surface area is 72.5 Å². The first kappa shape index (κ1) is 10.5. The highest BCUT2D eigenvalue weighted by Crippen LogP contribution is 1.96. The first-order valence-electron chi connectivity index (χ1n) is 3.87. The predicted molar refractivity (Wildman–Crippen MR) is 50.3 cm³/mol. The summed E-state index contributed by atoms with van der Waals surface area (Å²) in [4.78, 5) is 0. The summed E-state index contributed by atoms with van der Waals surface area (Å²) < 4.78 is 0. The third-order valence-corrected chi connectivity index (χ3v) is 1.18. The Morgan fingerprint density at radius 1 is 1.25 bits per heavy atom. The van der Waals surface area contributed by atoms with E-state index in [4.69, 9.17) is 10.9 Å². The van der Waals surface area contributed by atoms with Crippen molar-refractivity contribution in [2.75, 3.05) is 0 Å². The van der Waals surface area contributed by atoms with Crippen LogP contribution in [-0.4, -0.2) is 11.0 Å². The second-order valence-electron chi connectivity index (χ2n) is 1.85. The second kappa shape index (κ2) is 6.22. The smallest absolute Gasteiger partial charge is 0.170 e. The van der Waals surface area contributed by atoms with Crippen LogP contribution < -0.4 is 5.73 Å². The largest absolute Gasteiger partial charge is 0.409 e. The average Bonchev–Trinajstić information content (AvgIpc) is 2.21. The Morgan fingerprint density at radius 3 is 2.17 bits per heavy atom. The summed E-state index contributed by atoms with van der Waals surface area (Å²) in [5.74, 6) is 0.139. The molecule has 1 aromatic rings. The number of hydrogen-bond donors (Lipinski definition) is 2. The van der Waals surface area contributed by atoms with Gasteiger partial charge in [-0.1, -0.05) is 49.3 Å². The Kier molecular flexibility index (Phi) is 5.43. The normalized spacial score (nSPS) is 10.0. The minimum atomic E-state index is 0.139. The van der Waals surface area contributed by atoms with E-state index in [1.165, 1.54) is 0 Å². The van der Waals surface area contributed by atoms with E-state index in [1.54, 1.807) is 12.1 Å². The SMILES string of the molecule is CC.N/C(=N/O)c1ccccc1. The summed E-state index contributed by atoms with van der Waals surface area (Å²) >= 11 is 0. The quantitative estimate of drug-likeness (QED) is 0.289. The van der Waals surface area contributed by atoms with Crippen LogP contribution in [0.1, 0.15) is 19.4 Å². The molecule has 0 aliphatic rings. The van der Waals surface area contributed by atoms with Gasteiger partial charge in [-0.2, -0.15) is 0 Å². The van der Waals surface area contributed by atoms with Crippen LogP contribution >= 0.6 is 0 Å². The zero-order chi connectivity index (χ0) is 9.40. The summed E-state index contributed by atoms with van der Waals surface area (Å²) in [6, 6.07) is 9.07. The lowest BCUT2D eigenvalue weighted by molar-refractivity contribution is 0.318. The zero-order valence-electron chi connectivity index (χ0n) is 7.36. The van der Waals surface area contributed by atoms with Gasteiger partial charge in [0.05, 0.1) is 0 Å². The molecule has 0 atom stereocenters. The number of oxime groups is 1. The van der Waals surface area contributed by atoms with E-state index >= 15 is 0 Å². The maximum atomic E-state index is 8.25. The fraction of sp³-hybridized carbons (Fsp3) is 0.222. The van der Waals surface area contributed by atoms with Gasteiger partial charge in [-0.05, 0) is 0 Å². The van der Waals surface area contributed by atoms with Crippen LogP contribution in [0.3, 0.4) is 0 Å². The van der Waals surface area contributed by atoms with Crippen molar-refractivity contribution in [3.63, 3.8) is 0 Å². The van der Waals surface area contributed by atoms with E-state index in [1.807, 2.05) is 32.0 Å². The van der Waals surface area contributed by atoms with Crippen LogP contribution in [0.4, 0.5) is 0 Å². The molecule has 1 aromatic carbocycles. The third-order valence-electron chi connectivity index (χ3n) is 1.18. The van der Waals surface area contributed by atoms with Crippen molar-refractivity contribution < 1.29 is 5.21 Å². The molecule has 0 heterocycles. The number of hydrogen-bond acceptors (Lipinski definition) is 2. The van der Waals surface area contributed by atoms with Gasteiger partial charge in [-0.3, -0.25) is 0 Å². The van der Waals surface area contributed by atoms with Crippen molar-refractivity contribution in [1.29, 1.82) is 0 Å². The van der Waals surface area contributed by atoms with Crippen molar-refractivity contribution >= 4 is 5.84 Å². The molecule has 0 unspecified atom stereocenters. The number of nitrogens with zero attached hydrogens (tertiary/aromatic N) is 1. The lowest BCUT2D eigenvalue weighted by atomic mass is 10.2. The number of rotatable bonds is 1. The molecule has 12 heavy (non-hydrogen) atoms. The first-order chi connectivity index (χ1) is 5.84. The van der Waals surface area contributed by atoms with Crippen molar-refractivity contribution in [1.82, 2.24) is 0 Å². The average molecular weight is 166 g/mol. The number of benzene rings is 1. The lowest BCUT2D eigenvalue weighted by Gasteiger charge is -1.94. The summed E-state index contributed by atoms with van der Waals surface area (Å²) in [5.41, 5.74) is 6.02. The summed E-state index contributed by atoms with van der Waals surface area (Å²) in [7, 11) is 0. The van der Waals surface area contributed by atoms with Crippen LogP contribution in [0.2, 0.25) is 0 Å². The van der Waals surface area contributed by atoms with Gasteiger partial charge in [0.1, 0.15) is 0 Å². The van der Waals surface area contributed by atoms with Gasteiger partial charge < -0.3 is 10.9 Å². The molecular weight excluding hydrogens is 152 g/mol. The van der Waals surface area contributed by atoms with Gasteiger partial charge in [-0.15, -0.1) is 0 Å².